The fourth-order valence-electron chi connectivity index (χ4n) is 1.59. The summed E-state index contributed by atoms with van der Waals surface area (Å²) in [4.78, 5) is -0.104. The first kappa shape index (κ1) is 14.2. The summed E-state index contributed by atoms with van der Waals surface area (Å²) in [6, 6.07) is 8.63. The first-order valence-corrected chi connectivity index (χ1v) is 6.96. The van der Waals surface area contributed by atoms with Crippen LogP contribution < -0.4 is 16.0 Å². The molecular formula is C12H11F2N3O2S. The second kappa shape index (κ2) is 5.43. The molecule has 0 heterocycles. The molecule has 0 unspecified atom stereocenters. The van der Waals surface area contributed by atoms with Crippen LogP contribution in [0.2, 0.25) is 0 Å². The van der Waals surface area contributed by atoms with Crippen molar-refractivity contribution in [2.45, 2.75) is 4.90 Å². The normalized spacial score (nSPS) is 11.2. The molecule has 2 aromatic carbocycles. The Labute approximate surface area is 114 Å². The van der Waals surface area contributed by atoms with Gasteiger partial charge >= 0.3 is 0 Å². The Morgan fingerprint density at radius 3 is 2.35 bits per heavy atom. The molecule has 0 spiro atoms. The number of hydrazine groups is 1. The molecule has 2 rings (SSSR count). The van der Waals surface area contributed by atoms with Gasteiger partial charge in [-0.05, 0) is 24.3 Å². The number of benzene rings is 2. The number of halogens is 2. The number of hydrogen-bond acceptors (Lipinski definition) is 4. The molecule has 20 heavy (non-hydrogen) atoms. The van der Waals surface area contributed by atoms with Crippen molar-refractivity contribution in [1.82, 2.24) is 0 Å². The fraction of sp³-hybridized carbons (Fsp3) is 0. The monoisotopic (exact) mass is 299 g/mol. The average molecular weight is 299 g/mol. The number of para-hydroxylation sites is 1. The minimum Gasteiger partial charge on any atom is -0.323 e. The molecule has 0 amide bonds. The van der Waals surface area contributed by atoms with Gasteiger partial charge in [-0.1, -0.05) is 12.1 Å². The SMILES string of the molecule is NNc1ccccc1S(=O)(=O)Nc1ccc(F)c(F)c1. The van der Waals surface area contributed by atoms with E-state index in [-0.39, 0.29) is 16.3 Å². The first-order valence-electron chi connectivity index (χ1n) is 5.47. The van der Waals surface area contributed by atoms with E-state index in [9.17, 15) is 17.2 Å². The second-order valence-corrected chi connectivity index (χ2v) is 5.53. The van der Waals surface area contributed by atoms with Gasteiger partial charge in [0, 0.05) is 6.07 Å². The van der Waals surface area contributed by atoms with Crippen molar-refractivity contribution < 1.29 is 17.2 Å². The lowest BCUT2D eigenvalue weighted by Crippen LogP contribution is -2.17. The molecule has 0 saturated heterocycles. The van der Waals surface area contributed by atoms with Crippen LogP contribution in [0, 0.1) is 11.6 Å². The van der Waals surface area contributed by atoms with E-state index in [0.717, 1.165) is 18.2 Å². The molecule has 5 nitrogen and oxygen atoms in total. The van der Waals surface area contributed by atoms with Gasteiger partial charge in [0.05, 0.1) is 11.4 Å². The van der Waals surface area contributed by atoms with Gasteiger partial charge in [0.2, 0.25) is 0 Å². The lowest BCUT2D eigenvalue weighted by atomic mass is 10.3. The summed E-state index contributed by atoms with van der Waals surface area (Å²) < 4.78 is 52.3. The van der Waals surface area contributed by atoms with Gasteiger partial charge < -0.3 is 5.43 Å². The third-order valence-electron chi connectivity index (χ3n) is 2.50. The molecule has 2 aromatic rings. The number of anilines is 2. The van der Waals surface area contributed by atoms with E-state index in [0.29, 0.717) is 0 Å². The maximum Gasteiger partial charge on any atom is 0.264 e. The van der Waals surface area contributed by atoms with Crippen LogP contribution in [0.5, 0.6) is 0 Å². The summed E-state index contributed by atoms with van der Waals surface area (Å²) in [6.45, 7) is 0. The number of rotatable bonds is 4. The van der Waals surface area contributed by atoms with E-state index in [4.69, 9.17) is 5.84 Å². The summed E-state index contributed by atoms with van der Waals surface area (Å²) in [5.74, 6) is 3.03. The van der Waals surface area contributed by atoms with Crippen molar-refractivity contribution in [3.05, 3.63) is 54.1 Å². The van der Waals surface area contributed by atoms with Crippen LogP contribution in [0.4, 0.5) is 20.2 Å². The van der Waals surface area contributed by atoms with E-state index in [1.807, 2.05) is 0 Å². The van der Waals surface area contributed by atoms with Crippen LogP contribution in [0.3, 0.4) is 0 Å². The molecule has 0 radical (unpaired) electrons. The molecular weight excluding hydrogens is 288 g/mol. The predicted molar refractivity (Wildman–Crippen MR) is 71.4 cm³/mol. The van der Waals surface area contributed by atoms with Crippen molar-refractivity contribution in [3.63, 3.8) is 0 Å². The van der Waals surface area contributed by atoms with E-state index in [1.54, 1.807) is 6.07 Å². The summed E-state index contributed by atoms with van der Waals surface area (Å²) in [7, 11) is -3.97. The maximum absolute atomic E-state index is 13.1. The van der Waals surface area contributed by atoms with Crippen molar-refractivity contribution in [1.29, 1.82) is 0 Å². The Balaban J connectivity index is 2.38. The highest BCUT2D eigenvalue weighted by molar-refractivity contribution is 7.92. The zero-order valence-corrected chi connectivity index (χ0v) is 10.9. The van der Waals surface area contributed by atoms with Gasteiger partial charge in [0.1, 0.15) is 4.90 Å². The van der Waals surface area contributed by atoms with Crippen molar-refractivity contribution in [2.24, 2.45) is 5.84 Å². The summed E-state index contributed by atoms with van der Waals surface area (Å²) in [5, 5.41) is 0. The minimum absolute atomic E-state index is 0.0873. The molecule has 0 aliphatic heterocycles. The molecule has 0 fully saturated rings. The van der Waals surface area contributed by atoms with Crippen LogP contribution in [-0.2, 0) is 10.0 Å². The Morgan fingerprint density at radius 2 is 1.70 bits per heavy atom. The minimum atomic E-state index is -3.97. The van der Waals surface area contributed by atoms with Crippen LogP contribution in [0.15, 0.2) is 47.4 Å². The van der Waals surface area contributed by atoms with Gasteiger partial charge in [0.25, 0.3) is 10.0 Å². The standard InChI is InChI=1S/C12H11F2N3O2S/c13-9-6-5-8(7-10(9)14)17-20(18,19)12-4-2-1-3-11(12)16-15/h1-7,16-17H,15H2. The molecule has 0 aromatic heterocycles. The molecule has 0 saturated carbocycles. The highest BCUT2D eigenvalue weighted by Crippen LogP contribution is 2.23. The highest BCUT2D eigenvalue weighted by Gasteiger charge is 2.18. The third kappa shape index (κ3) is 2.86. The lowest BCUT2D eigenvalue weighted by Gasteiger charge is -2.11. The Bertz CT molecular complexity index is 735. The summed E-state index contributed by atoms with van der Waals surface area (Å²) in [5.41, 5.74) is 2.35. The largest absolute Gasteiger partial charge is 0.323 e. The van der Waals surface area contributed by atoms with Crippen LogP contribution in [0.25, 0.3) is 0 Å². The second-order valence-electron chi connectivity index (χ2n) is 3.87. The predicted octanol–water partition coefficient (Wildman–Crippen LogP) is 2.05. The zero-order valence-electron chi connectivity index (χ0n) is 10.1. The van der Waals surface area contributed by atoms with Crippen LogP contribution in [0.1, 0.15) is 0 Å². The average Bonchev–Trinajstić information content (AvgIpc) is 2.42. The van der Waals surface area contributed by atoms with E-state index in [1.165, 1.54) is 18.2 Å². The molecule has 8 heteroatoms. The highest BCUT2D eigenvalue weighted by atomic mass is 32.2. The van der Waals surface area contributed by atoms with Gasteiger partial charge in [0.15, 0.2) is 11.6 Å². The number of sulfonamides is 1. The van der Waals surface area contributed by atoms with Gasteiger partial charge in [-0.2, -0.15) is 0 Å². The number of nitrogens with two attached hydrogens (primary N) is 1. The molecule has 0 bridgehead atoms. The lowest BCUT2D eigenvalue weighted by molar-refractivity contribution is 0.509. The van der Waals surface area contributed by atoms with E-state index < -0.39 is 21.7 Å². The molecule has 106 valence electrons. The first-order chi connectivity index (χ1) is 9.44. The molecule has 0 atom stereocenters. The third-order valence-corrected chi connectivity index (χ3v) is 3.94. The Morgan fingerprint density at radius 1 is 1.00 bits per heavy atom. The van der Waals surface area contributed by atoms with Crippen molar-refractivity contribution in [2.75, 3.05) is 10.1 Å². The van der Waals surface area contributed by atoms with E-state index >= 15 is 0 Å². The molecule has 0 aliphatic rings. The maximum atomic E-state index is 13.1. The number of hydrogen-bond donors (Lipinski definition) is 3. The van der Waals surface area contributed by atoms with Gasteiger partial charge in [-0.3, -0.25) is 10.6 Å². The van der Waals surface area contributed by atoms with E-state index in [2.05, 4.69) is 10.1 Å². The van der Waals surface area contributed by atoms with Crippen LogP contribution >= 0.6 is 0 Å². The van der Waals surface area contributed by atoms with Gasteiger partial charge in [-0.15, -0.1) is 0 Å². The fourth-order valence-corrected chi connectivity index (χ4v) is 2.81. The smallest absolute Gasteiger partial charge is 0.264 e. The quantitative estimate of drug-likeness (QED) is 0.596. The van der Waals surface area contributed by atoms with Crippen molar-refractivity contribution in [3.8, 4) is 0 Å². The Hall–Kier alpha value is -2.19. The van der Waals surface area contributed by atoms with Crippen molar-refractivity contribution >= 4 is 21.4 Å². The van der Waals surface area contributed by atoms with Crippen LogP contribution in [-0.4, -0.2) is 8.42 Å². The molecule has 0 aliphatic carbocycles. The molecule has 4 N–H and O–H groups in total. The summed E-state index contributed by atoms with van der Waals surface area (Å²) >= 11 is 0. The van der Waals surface area contributed by atoms with Gasteiger partial charge in [-0.25, -0.2) is 17.2 Å². The zero-order chi connectivity index (χ0) is 14.8. The Kier molecular flexibility index (Phi) is 3.86. The summed E-state index contributed by atoms with van der Waals surface area (Å²) in [6.07, 6.45) is 0. The topological polar surface area (TPSA) is 84.2 Å². The number of nitrogen functional groups attached to an aromatic ring is 1. The number of nitrogens with one attached hydrogen (secondary N) is 2.